The molecule has 0 aliphatic heterocycles. The van der Waals surface area contributed by atoms with Gasteiger partial charge in [-0.05, 0) is 30.5 Å². The third kappa shape index (κ3) is 6.08. The van der Waals surface area contributed by atoms with Gasteiger partial charge in [-0.15, -0.1) is 0 Å². The highest BCUT2D eigenvalue weighted by Crippen LogP contribution is 2.14. The molecular formula is C19H26N2O3. The third-order valence-corrected chi connectivity index (χ3v) is 3.50. The molecule has 0 fully saturated rings. The van der Waals surface area contributed by atoms with Gasteiger partial charge in [0.25, 0.3) is 0 Å². The Bertz CT molecular complexity index is 606. The fourth-order valence-electron chi connectivity index (χ4n) is 2.20. The second kappa shape index (κ2) is 9.13. The molecule has 2 N–H and O–H groups in total. The van der Waals surface area contributed by atoms with Gasteiger partial charge in [0.2, 0.25) is 0 Å². The van der Waals surface area contributed by atoms with Crippen molar-refractivity contribution >= 4 is 6.03 Å². The first kappa shape index (κ1) is 18.1. The highest BCUT2D eigenvalue weighted by molar-refractivity contribution is 5.74. The van der Waals surface area contributed by atoms with Crippen LogP contribution < -0.4 is 10.6 Å². The molecule has 5 heteroatoms. The lowest BCUT2D eigenvalue weighted by Crippen LogP contribution is -2.39. The smallest absolute Gasteiger partial charge is 0.315 e. The van der Waals surface area contributed by atoms with Crippen molar-refractivity contribution in [2.24, 2.45) is 5.92 Å². The van der Waals surface area contributed by atoms with Gasteiger partial charge in [0, 0.05) is 13.2 Å². The molecule has 0 aliphatic carbocycles. The summed E-state index contributed by atoms with van der Waals surface area (Å²) >= 11 is 0. The zero-order valence-corrected chi connectivity index (χ0v) is 14.5. The van der Waals surface area contributed by atoms with Crippen molar-refractivity contribution in [2.45, 2.75) is 33.4 Å². The predicted octanol–water partition coefficient (Wildman–Crippen LogP) is 3.80. The number of nitrogens with one attached hydrogen (secondary N) is 2. The molecule has 1 heterocycles. The molecule has 2 amide bonds. The minimum absolute atomic E-state index is 0.245. The normalized spacial score (nSPS) is 12.2. The SMILES string of the molecule is Cc1ccc(CNC(=O)NC(COCC(C)C)c2ccco2)cc1. The van der Waals surface area contributed by atoms with Crippen LogP contribution in [0.1, 0.15) is 36.8 Å². The Morgan fingerprint density at radius 1 is 1.17 bits per heavy atom. The molecule has 1 aromatic carbocycles. The van der Waals surface area contributed by atoms with Crippen LogP contribution in [0.5, 0.6) is 0 Å². The monoisotopic (exact) mass is 330 g/mol. The molecule has 0 aliphatic rings. The first-order valence-corrected chi connectivity index (χ1v) is 8.25. The highest BCUT2D eigenvalue weighted by atomic mass is 16.5. The van der Waals surface area contributed by atoms with E-state index in [1.807, 2.05) is 37.3 Å². The zero-order valence-electron chi connectivity index (χ0n) is 14.5. The number of aryl methyl sites for hydroxylation is 1. The fourth-order valence-corrected chi connectivity index (χ4v) is 2.20. The Balaban J connectivity index is 1.85. The number of hydrogen-bond acceptors (Lipinski definition) is 3. The molecule has 0 spiro atoms. The number of furan rings is 1. The van der Waals surface area contributed by atoms with Gasteiger partial charge < -0.3 is 19.8 Å². The summed E-state index contributed by atoms with van der Waals surface area (Å²) in [7, 11) is 0. The van der Waals surface area contributed by atoms with Crippen molar-refractivity contribution in [1.82, 2.24) is 10.6 Å². The summed E-state index contributed by atoms with van der Waals surface area (Å²) in [6, 6.07) is 11.2. The quantitative estimate of drug-likeness (QED) is 0.774. The minimum Gasteiger partial charge on any atom is -0.467 e. The van der Waals surface area contributed by atoms with Gasteiger partial charge in [-0.1, -0.05) is 43.7 Å². The van der Waals surface area contributed by atoms with Crippen LogP contribution in [0.15, 0.2) is 47.1 Å². The molecule has 1 atom stereocenters. The van der Waals surface area contributed by atoms with Crippen LogP contribution >= 0.6 is 0 Å². The van der Waals surface area contributed by atoms with E-state index >= 15 is 0 Å². The van der Waals surface area contributed by atoms with Crippen LogP contribution in [0, 0.1) is 12.8 Å². The maximum absolute atomic E-state index is 12.2. The average Bonchev–Trinajstić information content (AvgIpc) is 3.07. The molecule has 5 nitrogen and oxygen atoms in total. The van der Waals surface area contributed by atoms with E-state index in [0.717, 1.165) is 5.56 Å². The Morgan fingerprint density at radius 3 is 2.54 bits per heavy atom. The van der Waals surface area contributed by atoms with Gasteiger partial charge >= 0.3 is 6.03 Å². The number of hydrogen-bond donors (Lipinski definition) is 2. The molecule has 2 aromatic rings. The Kier molecular flexibility index (Phi) is 6.88. The second-order valence-electron chi connectivity index (χ2n) is 6.31. The van der Waals surface area contributed by atoms with Crippen molar-refractivity contribution in [2.75, 3.05) is 13.2 Å². The molecule has 0 bridgehead atoms. The average molecular weight is 330 g/mol. The number of carbonyl (C=O) groups is 1. The number of carbonyl (C=O) groups excluding carboxylic acids is 1. The van der Waals surface area contributed by atoms with E-state index in [1.165, 1.54) is 5.56 Å². The van der Waals surface area contributed by atoms with E-state index in [9.17, 15) is 4.79 Å². The van der Waals surface area contributed by atoms with Crippen LogP contribution in [-0.2, 0) is 11.3 Å². The molecular weight excluding hydrogens is 304 g/mol. The van der Waals surface area contributed by atoms with E-state index in [-0.39, 0.29) is 12.1 Å². The highest BCUT2D eigenvalue weighted by Gasteiger charge is 2.17. The third-order valence-electron chi connectivity index (χ3n) is 3.50. The number of urea groups is 1. The van der Waals surface area contributed by atoms with Gasteiger partial charge in [-0.2, -0.15) is 0 Å². The minimum atomic E-state index is -0.309. The van der Waals surface area contributed by atoms with Crippen molar-refractivity contribution < 1.29 is 13.9 Å². The molecule has 24 heavy (non-hydrogen) atoms. The largest absolute Gasteiger partial charge is 0.467 e. The van der Waals surface area contributed by atoms with Crippen LogP contribution in [0.3, 0.4) is 0 Å². The topological polar surface area (TPSA) is 63.5 Å². The molecule has 0 radical (unpaired) electrons. The first-order valence-electron chi connectivity index (χ1n) is 8.25. The molecule has 0 saturated carbocycles. The lowest BCUT2D eigenvalue weighted by atomic mass is 10.1. The molecule has 130 valence electrons. The molecule has 0 saturated heterocycles. The van der Waals surface area contributed by atoms with E-state index in [4.69, 9.17) is 9.15 Å². The van der Waals surface area contributed by atoms with E-state index in [2.05, 4.69) is 24.5 Å². The fraction of sp³-hybridized carbons (Fsp3) is 0.421. The van der Waals surface area contributed by atoms with E-state index in [1.54, 1.807) is 12.3 Å². The lowest BCUT2D eigenvalue weighted by molar-refractivity contribution is 0.0868. The maximum atomic E-state index is 12.2. The summed E-state index contributed by atoms with van der Waals surface area (Å²) in [6.07, 6.45) is 1.59. The van der Waals surface area contributed by atoms with Gasteiger partial charge in [0.15, 0.2) is 0 Å². The van der Waals surface area contributed by atoms with Gasteiger partial charge in [-0.25, -0.2) is 4.79 Å². The summed E-state index contributed by atoms with van der Waals surface area (Å²) in [6.45, 7) is 7.71. The number of ether oxygens (including phenoxy) is 1. The van der Waals surface area contributed by atoms with E-state index in [0.29, 0.717) is 31.4 Å². The number of rotatable bonds is 8. The molecule has 1 aromatic heterocycles. The van der Waals surface area contributed by atoms with Crippen LogP contribution in [0.2, 0.25) is 0 Å². The summed E-state index contributed by atoms with van der Waals surface area (Å²) < 4.78 is 11.1. The molecule has 2 rings (SSSR count). The summed E-state index contributed by atoms with van der Waals surface area (Å²) in [5, 5.41) is 5.77. The number of benzene rings is 1. The summed E-state index contributed by atoms with van der Waals surface area (Å²) in [4.78, 5) is 12.2. The maximum Gasteiger partial charge on any atom is 0.315 e. The van der Waals surface area contributed by atoms with Crippen LogP contribution in [0.4, 0.5) is 4.79 Å². The van der Waals surface area contributed by atoms with Gasteiger partial charge in [0.1, 0.15) is 11.8 Å². The molecule has 1 unspecified atom stereocenters. The van der Waals surface area contributed by atoms with E-state index < -0.39 is 0 Å². The standard InChI is InChI=1S/C19H26N2O3/c1-14(2)12-23-13-17(18-5-4-10-24-18)21-19(22)20-11-16-8-6-15(3)7-9-16/h4-10,14,17H,11-13H2,1-3H3,(H2,20,21,22). The van der Waals surface area contributed by atoms with Crippen LogP contribution in [-0.4, -0.2) is 19.2 Å². The Morgan fingerprint density at radius 2 is 1.92 bits per heavy atom. The summed E-state index contributed by atoms with van der Waals surface area (Å²) in [5.41, 5.74) is 2.25. The zero-order chi connectivity index (χ0) is 17.4. The first-order chi connectivity index (χ1) is 11.5. The Labute approximate surface area is 143 Å². The van der Waals surface area contributed by atoms with Crippen molar-refractivity contribution in [3.05, 3.63) is 59.5 Å². The Hall–Kier alpha value is -2.27. The van der Waals surface area contributed by atoms with Gasteiger partial charge in [0.05, 0.1) is 12.9 Å². The van der Waals surface area contributed by atoms with Crippen LogP contribution in [0.25, 0.3) is 0 Å². The lowest BCUT2D eigenvalue weighted by Gasteiger charge is -2.18. The number of amides is 2. The van der Waals surface area contributed by atoms with Gasteiger partial charge in [-0.3, -0.25) is 0 Å². The van der Waals surface area contributed by atoms with Crippen molar-refractivity contribution in [3.63, 3.8) is 0 Å². The van der Waals surface area contributed by atoms with Crippen molar-refractivity contribution in [3.8, 4) is 0 Å². The second-order valence-corrected chi connectivity index (χ2v) is 6.31. The predicted molar refractivity (Wildman–Crippen MR) is 93.7 cm³/mol. The van der Waals surface area contributed by atoms with Crippen molar-refractivity contribution in [1.29, 1.82) is 0 Å². The summed E-state index contributed by atoms with van der Waals surface area (Å²) in [5.74, 6) is 1.13.